The minimum Gasteiger partial charge on any atom is -0.490 e. The number of nitrogens with one attached hydrogen (secondary N) is 1. The van der Waals surface area contributed by atoms with Crippen LogP contribution in [0.2, 0.25) is 10.0 Å². The second kappa shape index (κ2) is 14.8. The molecular formula is C23H32Cl3NO2. The van der Waals surface area contributed by atoms with E-state index in [4.69, 9.17) is 32.7 Å². The standard InChI is InChI=1S/C23H31Cl2NO2.ClH/c1-3-5-6-7-8-14-26-16-18-10-9-11-22(27-4-2)23(18)28-17-19-12-13-20(24)15-21(19)25;/h9-13,15,26H,3-8,14,16-17H2,1-2H3;1H. The highest BCUT2D eigenvalue weighted by Gasteiger charge is 2.12. The molecule has 29 heavy (non-hydrogen) atoms. The summed E-state index contributed by atoms with van der Waals surface area (Å²) in [7, 11) is 0. The third kappa shape index (κ3) is 9.04. The fourth-order valence-corrected chi connectivity index (χ4v) is 3.46. The summed E-state index contributed by atoms with van der Waals surface area (Å²) < 4.78 is 11.9. The molecule has 3 nitrogen and oxygen atoms in total. The summed E-state index contributed by atoms with van der Waals surface area (Å²) in [6.45, 7) is 6.92. The molecule has 6 heteroatoms. The molecule has 0 aliphatic rings. The van der Waals surface area contributed by atoms with Crippen LogP contribution in [0.25, 0.3) is 0 Å². The molecular weight excluding hydrogens is 429 g/mol. The van der Waals surface area contributed by atoms with Crippen LogP contribution in [0.1, 0.15) is 57.1 Å². The van der Waals surface area contributed by atoms with Crippen LogP contribution in [0.4, 0.5) is 0 Å². The first kappa shape index (κ1) is 25.9. The molecule has 0 unspecified atom stereocenters. The van der Waals surface area contributed by atoms with Gasteiger partial charge in [0.05, 0.1) is 6.61 Å². The highest BCUT2D eigenvalue weighted by atomic mass is 35.5. The molecule has 0 aliphatic carbocycles. The zero-order valence-electron chi connectivity index (χ0n) is 17.3. The van der Waals surface area contributed by atoms with Crippen molar-refractivity contribution in [3.05, 3.63) is 57.6 Å². The minimum absolute atomic E-state index is 0. The molecule has 0 aromatic heterocycles. The molecule has 0 radical (unpaired) electrons. The number of rotatable bonds is 13. The second-order valence-electron chi connectivity index (χ2n) is 6.79. The van der Waals surface area contributed by atoms with Gasteiger partial charge in [0.2, 0.25) is 0 Å². The number of hydrogen-bond acceptors (Lipinski definition) is 3. The Balaban J connectivity index is 0.00000420. The van der Waals surface area contributed by atoms with Gasteiger partial charge in [0.25, 0.3) is 0 Å². The molecule has 0 saturated heterocycles. The Morgan fingerprint density at radius 2 is 1.69 bits per heavy atom. The summed E-state index contributed by atoms with van der Waals surface area (Å²) in [6, 6.07) is 11.5. The smallest absolute Gasteiger partial charge is 0.166 e. The van der Waals surface area contributed by atoms with Crippen molar-refractivity contribution in [2.45, 2.75) is 59.1 Å². The van der Waals surface area contributed by atoms with Gasteiger partial charge in [0.1, 0.15) is 6.61 Å². The van der Waals surface area contributed by atoms with Crippen molar-refractivity contribution < 1.29 is 9.47 Å². The Morgan fingerprint density at radius 1 is 0.897 bits per heavy atom. The van der Waals surface area contributed by atoms with Gasteiger partial charge in [-0.3, -0.25) is 0 Å². The normalized spacial score (nSPS) is 10.5. The molecule has 2 rings (SSSR count). The van der Waals surface area contributed by atoms with E-state index in [0.717, 1.165) is 35.7 Å². The van der Waals surface area contributed by atoms with Crippen LogP contribution in [0.15, 0.2) is 36.4 Å². The maximum Gasteiger partial charge on any atom is 0.166 e. The van der Waals surface area contributed by atoms with Crippen LogP contribution in [0.3, 0.4) is 0 Å². The summed E-state index contributed by atoms with van der Waals surface area (Å²) in [5, 5.41) is 4.75. The Labute approximate surface area is 191 Å². The Bertz CT molecular complexity index is 725. The summed E-state index contributed by atoms with van der Waals surface area (Å²) in [6.07, 6.45) is 6.38. The summed E-state index contributed by atoms with van der Waals surface area (Å²) in [5.74, 6) is 1.53. The minimum atomic E-state index is 0. The number of benzene rings is 2. The van der Waals surface area contributed by atoms with E-state index in [2.05, 4.69) is 18.3 Å². The molecule has 0 saturated carbocycles. The number of unbranched alkanes of at least 4 members (excludes halogenated alkanes) is 4. The molecule has 0 heterocycles. The highest BCUT2D eigenvalue weighted by Crippen LogP contribution is 2.33. The monoisotopic (exact) mass is 459 g/mol. The fourth-order valence-electron chi connectivity index (χ4n) is 3.00. The largest absolute Gasteiger partial charge is 0.490 e. The number of ether oxygens (including phenoxy) is 2. The lowest BCUT2D eigenvalue weighted by Crippen LogP contribution is -2.16. The molecule has 2 aromatic carbocycles. The van der Waals surface area contributed by atoms with Crippen molar-refractivity contribution in [3.8, 4) is 11.5 Å². The van der Waals surface area contributed by atoms with Gasteiger partial charge in [0.15, 0.2) is 11.5 Å². The molecule has 0 atom stereocenters. The van der Waals surface area contributed by atoms with Crippen molar-refractivity contribution in [1.29, 1.82) is 0 Å². The topological polar surface area (TPSA) is 30.5 Å². The first-order chi connectivity index (χ1) is 13.7. The van der Waals surface area contributed by atoms with Crippen molar-refractivity contribution >= 4 is 35.6 Å². The van der Waals surface area contributed by atoms with E-state index in [0.29, 0.717) is 23.3 Å². The summed E-state index contributed by atoms with van der Waals surface area (Å²) in [4.78, 5) is 0. The maximum absolute atomic E-state index is 6.28. The average molecular weight is 461 g/mol. The molecule has 0 amide bonds. The SMILES string of the molecule is CCCCCCCNCc1cccc(OCC)c1OCc1ccc(Cl)cc1Cl.Cl. The predicted octanol–water partition coefficient (Wildman–Crippen LogP) is 7.45. The maximum atomic E-state index is 6.28. The van der Waals surface area contributed by atoms with Crippen LogP contribution >= 0.6 is 35.6 Å². The fraction of sp³-hybridized carbons (Fsp3) is 0.478. The molecule has 0 fully saturated rings. The third-order valence-corrected chi connectivity index (χ3v) is 5.11. The molecule has 162 valence electrons. The van der Waals surface area contributed by atoms with E-state index in [1.165, 1.54) is 32.1 Å². The van der Waals surface area contributed by atoms with E-state index < -0.39 is 0 Å². The van der Waals surface area contributed by atoms with Crippen LogP contribution < -0.4 is 14.8 Å². The van der Waals surface area contributed by atoms with Gasteiger partial charge in [-0.25, -0.2) is 0 Å². The first-order valence-corrected chi connectivity index (χ1v) is 10.9. The lowest BCUT2D eigenvalue weighted by atomic mass is 10.1. The number of hydrogen-bond donors (Lipinski definition) is 1. The van der Waals surface area contributed by atoms with E-state index in [1.54, 1.807) is 6.07 Å². The molecule has 1 N–H and O–H groups in total. The molecule has 0 aliphatic heterocycles. The molecule has 0 spiro atoms. The zero-order valence-corrected chi connectivity index (χ0v) is 19.6. The average Bonchev–Trinajstić information content (AvgIpc) is 2.68. The molecule has 0 bridgehead atoms. The number of halogens is 3. The van der Waals surface area contributed by atoms with Crippen molar-refractivity contribution in [1.82, 2.24) is 5.32 Å². The van der Waals surface area contributed by atoms with Gasteiger partial charge >= 0.3 is 0 Å². The Kier molecular flexibility index (Phi) is 13.2. The van der Waals surface area contributed by atoms with Crippen molar-refractivity contribution in [2.24, 2.45) is 0 Å². The lowest BCUT2D eigenvalue weighted by molar-refractivity contribution is 0.266. The Morgan fingerprint density at radius 3 is 2.41 bits per heavy atom. The van der Waals surface area contributed by atoms with Crippen LogP contribution in [-0.2, 0) is 13.2 Å². The Hall–Kier alpha value is -1.13. The first-order valence-electron chi connectivity index (χ1n) is 10.2. The molecule has 2 aromatic rings. The summed E-state index contributed by atoms with van der Waals surface area (Å²) in [5.41, 5.74) is 1.98. The van der Waals surface area contributed by atoms with E-state index >= 15 is 0 Å². The zero-order chi connectivity index (χ0) is 20.2. The predicted molar refractivity (Wildman–Crippen MR) is 126 cm³/mol. The number of para-hydroxylation sites is 1. The van der Waals surface area contributed by atoms with Gasteiger partial charge < -0.3 is 14.8 Å². The summed E-state index contributed by atoms with van der Waals surface area (Å²) >= 11 is 12.3. The highest BCUT2D eigenvalue weighted by molar-refractivity contribution is 6.35. The van der Waals surface area contributed by atoms with Gasteiger partial charge in [-0.1, -0.05) is 74.0 Å². The van der Waals surface area contributed by atoms with Gasteiger partial charge in [-0.15, -0.1) is 12.4 Å². The van der Waals surface area contributed by atoms with Gasteiger partial charge in [0, 0.05) is 27.7 Å². The van der Waals surface area contributed by atoms with Crippen molar-refractivity contribution in [2.75, 3.05) is 13.2 Å². The van der Waals surface area contributed by atoms with Crippen molar-refractivity contribution in [3.63, 3.8) is 0 Å². The third-order valence-electron chi connectivity index (χ3n) is 4.52. The van der Waals surface area contributed by atoms with Crippen LogP contribution in [0.5, 0.6) is 11.5 Å². The van der Waals surface area contributed by atoms with Gasteiger partial charge in [-0.05, 0) is 38.1 Å². The van der Waals surface area contributed by atoms with E-state index in [-0.39, 0.29) is 12.4 Å². The van der Waals surface area contributed by atoms with Crippen LogP contribution in [-0.4, -0.2) is 13.2 Å². The second-order valence-corrected chi connectivity index (χ2v) is 7.64. The van der Waals surface area contributed by atoms with Gasteiger partial charge in [-0.2, -0.15) is 0 Å². The van der Waals surface area contributed by atoms with E-state index in [9.17, 15) is 0 Å². The van der Waals surface area contributed by atoms with E-state index in [1.807, 2.05) is 31.2 Å². The lowest BCUT2D eigenvalue weighted by Gasteiger charge is -2.17. The van der Waals surface area contributed by atoms with Crippen LogP contribution in [0, 0.1) is 0 Å². The quantitative estimate of drug-likeness (QED) is 0.315.